The minimum Gasteiger partial charge on any atom is -0.263 e. The van der Waals surface area contributed by atoms with E-state index in [2.05, 4.69) is 16.2 Å². The number of hydrogen-bond acceptors (Lipinski definition) is 2. The van der Waals surface area contributed by atoms with Crippen LogP contribution in [0, 0.1) is 12.0 Å². The maximum atomic E-state index is 13.5. The fourth-order valence-corrected chi connectivity index (χ4v) is 1.94. The van der Waals surface area contributed by atoms with E-state index < -0.39 is 5.82 Å². The Morgan fingerprint density at radius 2 is 2.06 bits per heavy atom. The summed E-state index contributed by atoms with van der Waals surface area (Å²) in [5.74, 6) is -0.453. The van der Waals surface area contributed by atoms with Crippen molar-refractivity contribution >= 4 is 22.5 Å². The number of aromatic nitrogens is 2. The van der Waals surface area contributed by atoms with Gasteiger partial charge in [0.1, 0.15) is 5.82 Å². The molecular formula is C14H7ClFN2. The van der Waals surface area contributed by atoms with E-state index in [0.717, 1.165) is 16.5 Å². The van der Waals surface area contributed by atoms with Crippen molar-refractivity contribution in [1.29, 1.82) is 0 Å². The molecule has 4 heteroatoms. The Kier molecular flexibility index (Phi) is 2.68. The number of pyridine rings is 2. The third-order valence-electron chi connectivity index (χ3n) is 2.69. The molecule has 0 aliphatic carbocycles. The van der Waals surface area contributed by atoms with Gasteiger partial charge in [-0.05, 0) is 29.8 Å². The second-order valence-electron chi connectivity index (χ2n) is 3.83. The normalized spacial score (nSPS) is 10.8. The zero-order valence-electron chi connectivity index (χ0n) is 9.19. The summed E-state index contributed by atoms with van der Waals surface area (Å²) in [5, 5.41) is 0.994. The predicted octanol–water partition coefficient (Wildman–Crippen LogP) is 3.89. The number of rotatable bonds is 1. The van der Waals surface area contributed by atoms with Crippen molar-refractivity contribution in [2.75, 3.05) is 0 Å². The molecule has 2 heterocycles. The fourth-order valence-electron chi connectivity index (χ4n) is 1.82. The van der Waals surface area contributed by atoms with Crippen molar-refractivity contribution in [3.05, 3.63) is 59.8 Å². The minimum absolute atomic E-state index is 0.103. The molecule has 18 heavy (non-hydrogen) atoms. The minimum atomic E-state index is -0.453. The van der Waals surface area contributed by atoms with Crippen molar-refractivity contribution in [3.8, 4) is 11.1 Å². The van der Waals surface area contributed by atoms with Crippen LogP contribution in [0.1, 0.15) is 0 Å². The quantitative estimate of drug-likeness (QED) is 0.661. The lowest BCUT2D eigenvalue weighted by atomic mass is 10.0. The van der Waals surface area contributed by atoms with Crippen LogP contribution in [0.3, 0.4) is 0 Å². The van der Waals surface area contributed by atoms with Crippen LogP contribution in [0.25, 0.3) is 22.0 Å². The molecule has 0 saturated heterocycles. The predicted molar refractivity (Wildman–Crippen MR) is 68.8 cm³/mol. The maximum Gasteiger partial charge on any atom is 0.142 e. The average molecular weight is 258 g/mol. The zero-order valence-corrected chi connectivity index (χ0v) is 9.95. The molecular weight excluding hydrogens is 251 g/mol. The second kappa shape index (κ2) is 4.35. The van der Waals surface area contributed by atoms with E-state index in [1.165, 1.54) is 12.1 Å². The maximum absolute atomic E-state index is 13.5. The van der Waals surface area contributed by atoms with Crippen LogP contribution in [-0.2, 0) is 0 Å². The highest BCUT2D eigenvalue weighted by molar-refractivity contribution is 6.30. The topological polar surface area (TPSA) is 25.8 Å². The van der Waals surface area contributed by atoms with Gasteiger partial charge in [0.2, 0.25) is 0 Å². The van der Waals surface area contributed by atoms with Crippen molar-refractivity contribution in [1.82, 2.24) is 9.97 Å². The third kappa shape index (κ3) is 1.83. The molecule has 0 fully saturated rings. The largest absolute Gasteiger partial charge is 0.263 e. The molecule has 0 aliphatic heterocycles. The summed E-state index contributed by atoms with van der Waals surface area (Å²) in [5.41, 5.74) is 2.20. The van der Waals surface area contributed by atoms with E-state index in [0.29, 0.717) is 5.56 Å². The van der Waals surface area contributed by atoms with Crippen LogP contribution in [0.4, 0.5) is 4.39 Å². The highest BCUT2D eigenvalue weighted by Crippen LogP contribution is 2.28. The van der Waals surface area contributed by atoms with Gasteiger partial charge in [-0.1, -0.05) is 17.7 Å². The van der Waals surface area contributed by atoms with Gasteiger partial charge in [-0.2, -0.15) is 0 Å². The van der Waals surface area contributed by atoms with Gasteiger partial charge in [0.25, 0.3) is 0 Å². The monoisotopic (exact) mass is 257 g/mol. The van der Waals surface area contributed by atoms with Gasteiger partial charge in [0, 0.05) is 23.3 Å². The molecule has 3 aromatic rings. The summed E-state index contributed by atoms with van der Waals surface area (Å²) in [6.45, 7) is 0. The van der Waals surface area contributed by atoms with Gasteiger partial charge in [-0.15, -0.1) is 0 Å². The van der Waals surface area contributed by atoms with Gasteiger partial charge < -0.3 is 0 Å². The van der Waals surface area contributed by atoms with Gasteiger partial charge >= 0.3 is 0 Å². The summed E-state index contributed by atoms with van der Waals surface area (Å²) >= 11 is 5.67. The molecule has 0 N–H and O–H groups in total. The first-order valence-electron chi connectivity index (χ1n) is 5.32. The lowest BCUT2D eigenvalue weighted by molar-refractivity contribution is 0.629. The van der Waals surface area contributed by atoms with Crippen LogP contribution in [0.5, 0.6) is 0 Å². The van der Waals surface area contributed by atoms with E-state index in [-0.39, 0.29) is 5.02 Å². The molecule has 1 radical (unpaired) electrons. The lowest BCUT2D eigenvalue weighted by Crippen LogP contribution is -1.88. The number of hydrogen-bond donors (Lipinski definition) is 0. The Morgan fingerprint density at radius 1 is 1.17 bits per heavy atom. The Hall–Kier alpha value is -2.00. The van der Waals surface area contributed by atoms with Crippen molar-refractivity contribution < 1.29 is 4.39 Å². The summed E-state index contributed by atoms with van der Waals surface area (Å²) in [6, 6.07) is 8.24. The van der Waals surface area contributed by atoms with Gasteiger partial charge in [0.15, 0.2) is 0 Å². The Balaban J connectivity index is 2.28. The van der Waals surface area contributed by atoms with Gasteiger partial charge in [-0.25, -0.2) is 9.37 Å². The van der Waals surface area contributed by atoms with E-state index in [9.17, 15) is 4.39 Å². The van der Waals surface area contributed by atoms with Crippen LogP contribution in [0.15, 0.2) is 42.7 Å². The molecule has 2 aromatic heterocycles. The van der Waals surface area contributed by atoms with Crippen molar-refractivity contribution in [2.45, 2.75) is 0 Å². The summed E-state index contributed by atoms with van der Waals surface area (Å²) in [7, 11) is 0. The van der Waals surface area contributed by atoms with E-state index in [1.807, 2.05) is 6.07 Å². The zero-order chi connectivity index (χ0) is 12.5. The van der Waals surface area contributed by atoms with Crippen LogP contribution < -0.4 is 0 Å². The van der Waals surface area contributed by atoms with E-state index in [1.54, 1.807) is 24.5 Å². The first kappa shape index (κ1) is 11.1. The lowest BCUT2D eigenvalue weighted by Gasteiger charge is -2.05. The molecule has 0 unspecified atom stereocenters. The molecule has 87 valence electrons. The first-order valence-corrected chi connectivity index (χ1v) is 5.70. The molecule has 3 rings (SSSR count). The summed E-state index contributed by atoms with van der Waals surface area (Å²) in [4.78, 5) is 8.32. The molecule has 0 saturated carbocycles. The highest BCUT2D eigenvalue weighted by Gasteiger charge is 2.08. The molecule has 0 aliphatic rings. The Morgan fingerprint density at radius 3 is 2.89 bits per heavy atom. The van der Waals surface area contributed by atoms with E-state index >= 15 is 0 Å². The SMILES string of the molecule is Fc1cc(-c2cncc3cc[c]nc23)ccc1Cl. The Labute approximate surface area is 108 Å². The van der Waals surface area contributed by atoms with Crippen LogP contribution >= 0.6 is 11.6 Å². The molecule has 0 amide bonds. The standard InChI is InChI=1S/C14H7ClFN2/c15-12-4-3-9(6-13(12)16)11-8-17-7-10-2-1-5-18-14(10)11/h1-4,6-8H. The van der Waals surface area contributed by atoms with Crippen molar-refractivity contribution in [2.24, 2.45) is 0 Å². The van der Waals surface area contributed by atoms with Gasteiger partial charge in [-0.3, -0.25) is 4.98 Å². The molecule has 0 spiro atoms. The van der Waals surface area contributed by atoms with Crippen molar-refractivity contribution in [3.63, 3.8) is 0 Å². The molecule has 0 atom stereocenters. The summed E-state index contributed by atoms with van der Waals surface area (Å²) < 4.78 is 13.5. The average Bonchev–Trinajstić information content (AvgIpc) is 2.41. The molecule has 1 aromatic carbocycles. The second-order valence-corrected chi connectivity index (χ2v) is 4.24. The van der Waals surface area contributed by atoms with Crippen LogP contribution in [-0.4, -0.2) is 9.97 Å². The number of halogens is 2. The molecule has 2 nitrogen and oxygen atoms in total. The number of nitrogens with zero attached hydrogens (tertiary/aromatic N) is 2. The fraction of sp³-hybridized carbons (Fsp3) is 0. The third-order valence-corrected chi connectivity index (χ3v) is 3.00. The van der Waals surface area contributed by atoms with Gasteiger partial charge in [0.05, 0.1) is 16.7 Å². The Bertz CT molecular complexity index is 723. The smallest absolute Gasteiger partial charge is 0.142 e. The number of fused-ring (bicyclic) bond motifs is 1. The first-order chi connectivity index (χ1) is 8.75. The number of benzene rings is 1. The highest BCUT2D eigenvalue weighted by atomic mass is 35.5. The summed E-state index contributed by atoms with van der Waals surface area (Å²) in [6.07, 6.45) is 6.15. The van der Waals surface area contributed by atoms with E-state index in [4.69, 9.17) is 11.6 Å². The molecule has 0 bridgehead atoms. The van der Waals surface area contributed by atoms with Crippen LogP contribution in [0.2, 0.25) is 5.02 Å².